The largest absolute Gasteiger partial charge is 0.497 e. The number of nitrogens with zero attached hydrogens (tertiary/aromatic N) is 2. The predicted octanol–water partition coefficient (Wildman–Crippen LogP) is 5.58. The predicted molar refractivity (Wildman–Crippen MR) is 168 cm³/mol. The lowest BCUT2D eigenvalue weighted by molar-refractivity contribution is -0.127. The summed E-state index contributed by atoms with van der Waals surface area (Å²) in [6.07, 6.45) is 4.85. The molecule has 5 rings (SSSR count). The van der Waals surface area contributed by atoms with E-state index in [9.17, 15) is 19.2 Å². The number of hydrogen-bond donors (Lipinski definition) is 1. The van der Waals surface area contributed by atoms with Crippen LogP contribution in [0.3, 0.4) is 0 Å². The molecule has 0 atom stereocenters. The van der Waals surface area contributed by atoms with Gasteiger partial charge in [-0.3, -0.25) is 24.1 Å². The van der Waals surface area contributed by atoms with Crippen LogP contribution in [0.2, 0.25) is 0 Å². The molecular formula is C33H33N3O7S. The van der Waals surface area contributed by atoms with Gasteiger partial charge >= 0.3 is 0 Å². The summed E-state index contributed by atoms with van der Waals surface area (Å²) in [5, 5.41) is 2.15. The van der Waals surface area contributed by atoms with E-state index in [0.717, 1.165) is 48.2 Å². The van der Waals surface area contributed by atoms with E-state index in [2.05, 4.69) is 5.32 Å². The van der Waals surface area contributed by atoms with E-state index in [-0.39, 0.29) is 17.4 Å². The van der Waals surface area contributed by atoms with Gasteiger partial charge in [-0.2, -0.15) is 0 Å². The molecule has 2 aliphatic rings. The minimum atomic E-state index is -0.550. The lowest BCUT2D eigenvalue weighted by atomic mass is 10.1. The van der Waals surface area contributed by atoms with Crippen LogP contribution < -0.4 is 19.5 Å². The van der Waals surface area contributed by atoms with E-state index in [0.29, 0.717) is 34.1 Å². The number of piperidine rings is 1. The van der Waals surface area contributed by atoms with Gasteiger partial charge in [0.05, 0.1) is 19.1 Å². The topological polar surface area (TPSA) is 114 Å². The molecular weight excluding hydrogens is 582 g/mol. The molecule has 4 amide bonds. The van der Waals surface area contributed by atoms with E-state index < -0.39 is 23.6 Å². The molecule has 0 spiro atoms. The third-order valence-electron chi connectivity index (χ3n) is 7.27. The first-order valence-electron chi connectivity index (χ1n) is 14.2. The maximum absolute atomic E-state index is 13.0. The highest BCUT2D eigenvalue weighted by Gasteiger charge is 2.36. The molecule has 0 bridgehead atoms. The maximum atomic E-state index is 13.0. The molecule has 3 aromatic carbocycles. The normalized spacial score (nSPS) is 15.8. The van der Waals surface area contributed by atoms with Gasteiger partial charge in [0.15, 0.2) is 11.5 Å². The Kier molecular flexibility index (Phi) is 9.86. The number of likely N-dealkylation sites (tertiary alicyclic amines) is 1. The molecule has 0 unspecified atom stereocenters. The van der Waals surface area contributed by atoms with E-state index in [1.807, 2.05) is 29.2 Å². The van der Waals surface area contributed by atoms with Crippen LogP contribution in [-0.2, 0) is 16.2 Å². The third kappa shape index (κ3) is 7.41. The molecule has 1 N–H and O–H groups in total. The molecule has 10 nitrogen and oxygen atoms in total. The van der Waals surface area contributed by atoms with Crippen LogP contribution in [0.25, 0.3) is 6.08 Å². The van der Waals surface area contributed by atoms with Crippen molar-refractivity contribution in [3.05, 3.63) is 88.3 Å². The molecule has 2 saturated heterocycles. The van der Waals surface area contributed by atoms with Gasteiger partial charge in [0.2, 0.25) is 5.91 Å². The molecule has 44 heavy (non-hydrogen) atoms. The number of methoxy groups -OCH3 is 2. The fraction of sp³-hybridized carbons (Fsp3) is 0.273. The highest BCUT2D eigenvalue weighted by atomic mass is 32.2. The number of hydrogen-bond acceptors (Lipinski definition) is 8. The van der Waals surface area contributed by atoms with Crippen molar-refractivity contribution in [3.8, 4) is 17.2 Å². The zero-order valence-corrected chi connectivity index (χ0v) is 25.4. The first kappa shape index (κ1) is 30.7. The third-order valence-corrected chi connectivity index (χ3v) is 8.18. The summed E-state index contributed by atoms with van der Waals surface area (Å²) < 4.78 is 16.6. The Hall–Kier alpha value is -4.77. The summed E-state index contributed by atoms with van der Waals surface area (Å²) in [4.78, 5) is 53.8. The fourth-order valence-corrected chi connectivity index (χ4v) is 5.72. The van der Waals surface area contributed by atoms with Gasteiger partial charge in [0.1, 0.15) is 18.9 Å². The molecule has 228 valence electrons. The van der Waals surface area contributed by atoms with Crippen LogP contribution in [0.15, 0.2) is 71.6 Å². The minimum Gasteiger partial charge on any atom is -0.497 e. The quantitative estimate of drug-likeness (QED) is 0.294. The van der Waals surface area contributed by atoms with Gasteiger partial charge in [-0.1, -0.05) is 18.2 Å². The Morgan fingerprint density at radius 3 is 2.30 bits per heavy atom. The van der Waals surface area contributed by atoms with Crippen LogP contribution in [0.4, 0.5) is 10.5 Å². The molecule has 0 radical (unpaired) electrons. The van der Waals surface area contributed by atoms with Crippen LogP contribution in [-0.4, -0.2) is 66.6 Å². The summed E-state index contributed by atoms with van der Waals surface area (Å²) in [5.41, 5.74) is 2.71. The highest BCUT2D eigenvalue weighted by molar-refractivity contribution is 8.18. The monoisotopic (exact) mass is 615 g/mol. The first-order chi connectivity index (χ1) is 21.3. The van der Waals surface area contributed by atoms with Crippen LogP contribution in [0.5, 0.6) is 17.2 Å². The van der Waals surface area contributed by atoms with Gasteiger partial charge < -0.3 is 24.4 Å². The SMILES string of the molecule is COc1ccc(NC(=O)CN2C(=O)S/C(=C\c3ccc(OCc4ccc(C(=O)N5CCCCC5)cc4)c(OC)c3)C2=O)cc1. The Labute approximate surface area is 259 Å². The van der Waals surface area contributed by atoms with Gasteiger partial charge in [0, 0.05) is 24.3 Å². The molecule has 0 saturated carbocycles. The second-order valence-electron chi connectivity index (χ2n) is 10.3. The number of thioether (sulfide) groups is 1. The van der Waals surface area contributed by atoms with Crippen LogP contribution in [0.1, 0.15) is 40.7 Å². The molecule has 3 aromatic rings. The fourth-order valence-electron chi connectivity index (χ4n) is 4.88. The lowest BCUT2D eigenvalue weighted by Crippen LogP contribution is -2.36. The average Bonchev–Trinajstić information content (AvgIpc) is 3.31. The number of amides is 4. The van der Waals surface area contributed by atoms with Crippen LogP contribution in [0, 0.1) is 0 Å². The standard InChI is InChI=1S/C33H33N3O7S/c1-41-26-13-11-25(12-14-26)34-30(37)20-36-32(39)29(44-33(36)40)19-23-8-15-27(28(18-23)42-2)43-21-22-6-9-24(10-7-22)31(38)35-16-4-3-5-17-35/h6-15,18-19H,3-5,16-17,20-21H2,1-2H3,(H,34,37)/b29-19-. The Balaban J connectivity index is 1.18. The Morgan fingerprint density at radius 1 is 0.886 bits per heavy atom. The van der Waals surface area contributed by atoms with E-state index >= 15 is 0 Å². The van der Waals surface area contributed by atoms with Gasteiger partial charge in [0.25, 0.3) is 17.1 Å². The zero-order chi connectivity index (χ0) is 31.1. The average molecular weight is 616 g/mol. The van der Waals surface area contributed by atoms with Crippen molar-refractivity contribution in [1.82, 2.24) is 9.80 Å². The number of carbonyl (C=O) groups excluding carboxylic acids is 4. The summed E-state index contributed by atoms with van der Waals surface area (Å²) in [6.45, 7) is 1.48. The van der Waals surface area contributed by atoms with Crippen molar-refractivity contribution < 1.29 is 33.4 Å². The number of rotatable bonds is 10. The number of benzene rings is 3. The summed E-state index contributed by atoms with van der Waals surface area (Å²) in [5.74, 6) is 0.609. The molecule has 0 aromatic heterocycles. The van der Waals surface area contributed by atoms with Crippen molar-refractivity contribution in [2.24, 2.45) is 0 Å². The highest BCUT2D eigenvalue weighted by Crippen LogP contribution is 2.35. The van der Waals surface area contributed by atoms with Crippen molar-refractivity contribution in [2.75, 3.05) is 39.2 Å². The van der Waals surface area contributed by atoms with Gasteiger partial charge in [-0.15, -0.1) is 0 Å². The van der Waals surface area contributed by atoms with Crippen molar-refractivity contribution in [1.29, 1.82) is 0 Å². The summed E-state index contributed by atoms with van der Waals surface area (Å²) in [6, 6.07) is 19.3. The second kappa shape index (κ2) is 14.1. The second-order valence-corrected chi connectivity index (χ2v) is 11.3. The number of carbonyl (C=O) groups is 4. The molecule has 2 fully saturated rings. The zero-order valence-electron chi connectivity index (χ0n) is 24.5. The maximum Gasteiger partial charge on any atom is 0.294 e. The molecule has 2 heterocycles. The van der Waals surface area contributed by atoms with E-state index in [4.69, 9.17) is 14.2 Å². The minimum absolute atomic E-state index is 0.0594. The van der Waals surface area contributed by atoms with E-state index in [1.54, 1.807) is 55.7 Å². The smallest absolute Gasteiger partial charge is 0.294 e. The summed E-state index contributed by atoms with van der Waals surface area (Å²) >= 11 is 0.770. The van der Waals surface area contributed by atoms with Crippen LogP contribution >= 0.6 is 11.8 Å². The van der Waals surface area contributed by atoms with Gasteiger partial charge in [-0.25, -0.2) is 0 Å². The number of ether oxygens (including phenoxy) is 3. The molecule has 11 heteroatoms. The molecule has 2 aliphatic heterocycles. The van der Waals surface area contributed by atoms with Crippen molar-refractivity contribution in [3.63, 3.8) is 0 Å². The summed E-state index contributed by atoms with van der Waals surface area (Å²) in [7, 11) is 3.06. The Bertz CT molecular complexity index is 1570. The van der Waals surface area contributed by atoms with Crippen molar-refractivity contribution in [2.45, 2.75) is 25.9 Å². The first-order valence-corrected chi connectivity index (χ1v) is 15.0. The molecule has 0 aliphatic carbocycles. The van der Waals surface area contributed by atoms with E-state index in [1.165, 1.54) is 13.5 Å². The number of nitrogens with one attached hydrogen (secondary N) is 1. The number of imide groups is 1. The Morgan fingerprint density at radius 2 is 1.61 bits per heavy atom. The number of anilines is 1. The van der Waals surface area contributed by atoms with Gasteiger partial charge in [-0.05, 0) is 96.8 Å². The lowest BCUT2D eigenvalue weighted by Gasteiger charge is -2.26. The van der Waals surface area contributed by atoms with Crippen molar-refractivity contribution >= 4 is 46.5 Å².